The summed E-state index contributed by atoms with van der Waals surface area (Å²) in [4.78, 5) is 12.6. The van der Waals surface area contributed by atoms with Gasteiger partial charge in [-0.15, -0.1) is 0 Å². The highest BCUT2D eigenvalue weighted by molar-refractivity contribution is 6.00. The van der Waals surface area contributed by atoms with Gasteiger partial charge in [-0.05, 0) is 31.5 Å². The van der Waals surface area contributed by atoms with Crippen LogP contribution in [0.5, 0.6) is 5.75 Å². The number of benzene rings is 2. The van der Waals surface area contributed by atoms with Crippen molar-refractivity contribution >= 4 is 16.9 Å². The minimum absolute atomic E-state index is 0.0127. The Balaban J connectivity index is 1.65. The Hall–Kier alpha value is -2.93. The van der Waals surface area contributed by atoms with Crippen LogP contribution in [0.15, 0.2) is 52.9 Å². The summed E-state index contributed by atoms with van der Waals surface area (Å²) >= 11 is 0. The molecule has 0 saturated carbocycles. The quantitative estimate of drug-likeness (QED) is 0.618. The third kappa shape index (κ3) is 4.03. The van der Waals surface area contributed by atoms with Gasteiger partial charge in [0.05, 0.1) is 19.2 Å². The monoisotopic (exact) mass is 414 g/mol. The van der Waals surface area contributed by atoms with Crippen molar-refractivity contribution in [1.82, 2.24) is 10.6 Å². The van der Waals surface area contributed by atoms with Crippen LogP contribution >= 0.6 is 0 Å². The topological polar surface area (TPSA) is 63.5 Å². The van der Waals surface area contributed by atoms with Crippen molar-refractivity contribution in [2.24, 2.45) is 0 Å². The summed E-state index contributed by atoms with van der Waals surface area (Å²) in [5.74, 6) is -2.90. The maximum atomic E-state index is 14.1. The Kier molecular flexibility index (Phi) is 5.72. The van der Waals surface area contributed by atoms with Crippen LogP contribution in [0.25, 0.3) is 22.1 Å². The van der Waals surface area contributed by atoms with Crippen LogP contribution < -0.4 is 15.4 Å². The number of hydrogen-bond acceptors (Lipinski definition) is 4. The Morgan fingerprint density at radius 1 is 1.23 bits per heavy atom. The fourth-order valence-corrected chi connectivity index (χ4v) is 3.66. The van der Waals surface area contributed by atoms with E-state index in [4.69, 9.17) is 9.15 Å². The predicted octanol–water partition coefficient (Wildman–Crippen LogP) is 4.62. The zero-order valence-corrected chi connectivity index (χ0v) is 16.7. The minimum Gasteiger partial charge on any atom is -0.493 e. The number of rotatable bonds is 6. The van der Waals surface area contributed by atoms with Gasteiger partial charge in [0.25, 0.3) is 11.8 Å². The molecule has 1 aliphatic rings. The molecule has 7 heteroatoms. The lowest BCUT2D eigenvalue weighted by molar-refractivity contribution is -0.0489. The Labute approximate surface area is 173 Å². The fourth-order valence-electron chi connectivity index (χ4n) is 3.66. The summed E-state index contributed by atoms with van der Waals surface area (Å²) in [6.07, 6.45) is 1.04. The third-order valence-electron chi connectivity index (χ3n) is 5.19. The second kappa shape index (κ2) is 8.44. The number of furan rings is 1. The van der Waals surface area contributed by atoms with E-state index < -0.39 is 24.4 Å². The highest BCUT2D eigenvalue weighted by Crippen LogP contribution is 2.36. The van der Waals surface area contributed by atoms with Crippen molar-refractivity contribution in [1.29, 1.82) is 0 Å². The lowest BCUT2D eigenvalue weighted by Crippen LogP contribution is -2.57. The van der Waals surface area contributed by atoms with Crippen molar-refractivity contribution in [2.45, 2.75) is 31.7 Å². The highest BCUT2D eigenvalue weighted by atomic mass is 19.3. The van der Waals surface area contributed by atoms with Gasteiger partial charge < -0.3 is 19.8 Å². The van der Waals surface area contributed by atoms with Crippen LogP contribution in [0.4, 0.5) is 8.78 Å². The molecule has 1 aromatic heterocycles. The van der Waals surface area contributed by atoms with Crippen molar-refractivity contribution in [3.8, 4) is 16.9 Å². The molecule has 1 aliphatic heterocycles. The summed E-state index contributed by atoms with van der Waals surface area (Å²) in [6, 6.07) is 13.6. The molecule has 2 aromatic carbocycles. The molecular weight excluding hydrogens is 390 g/mol. The molecule has 1 saturated heterocycles. The number of piperidine rings is 1. The van der Waals surface area contributed by atoms with Gasteiger partial charge in [0.15, 0.2) is 5.76 Å². The van der Waals surface area contributed by atoms with Gasteiger partial charge in [0.2, 0.25) is 0 Å². The first-order valence-electron chi connectivity index (χ1n) is 10.1. The summed E-state index contributed by atoms with van der Waals surface area (Å²) in [6.45, 7) is 2.60. The number of ether oxygens (including phenoxy) is 1. The molecule has 0 radical (unpaired) electrons. The molecule has 0 spiro atoms. The molecule has 4 rings (SSSR count). The lowest BCUT2D eigenvalue weighted by Gasteiger charge is -2.32. The molecule has 5 nitrogen and oxygen atoms in total. The third-order valence-corrected chi connectivity index (χ3v) is 5.19. The first kappa shape index (κ1) is 20.3. The smallest absolute Gasteiger partial charge is 0.287 e. The van der Waals surface area contributed by atoms with Crippen molar-refractivity contribution < 1.29 is 22.7 Å². The number of fused-ring (bicyclic) bond motifs is 1. The van der Waals surface area contributed by atoms with Crippen LogP contribution in [0.1, 0.15) is 30.3 Å². The Morgan fingerprint density at radius 2 is 2.03 bits per heavy atom. The number of amides is 1. The molecule has 158 valence electrons. The predicted molar refractivity (Wildman–Crippen MR) is 111 cm³/mol. The standard InChI is InChI=1S/C23H24F2N2O3/c1-2-12-29-18-9-4-3-7-16(18)17-8-5-6-15-13-19(30-21(15)17)22(28)27-20-10-11-26-14-23(20,24)25/h3-9,13,20,26H,2,10-12,14H2,1H3,(H,27,28). The van der Waals surface area contributed by atoms with E-state index in [1.807, 2.05) is 49.4 Å². The maximum absolute atomic E-state index is 14.1. The van der Waals surface area contributed by atoms with Gasteiger partial charge >= 0.3 is 0 Å². The fraction of sp³-hybridized carbons (Fsp3) is 0.348. The number of carbonyl (C=O) groups excluding carboxylic acids is 1. The Morgan fingerprint density at radius 3 is 2.83 bits per heavy atom. The minimum atomic E-state index is -3.00. The van der Waals surface area contributed by atoms with Crippen molar-refractivity contribution in [3.63, 3.8) is 0 Å². The Bertz CT molecular complexity index is 1050. The summed E-state index contributed by atoms with van der Waals surface area (Å²) < 4.78 is 39.8. The average molecular weight is 414 g/mol. The molecule has 1 unspecified atom stereocenters. The van der Waals surface area contributed by atoms with Crippen LogP contribution in [0, 0.1) is 0 Å². The molecule has 1 fully saturated rings. The summed E-state index contributed by atoms with van der Waals surface area (Å²) in [7, 11) is 0. The maximum Gasteiger partial charge on any atom is 0.287 e. The number of para-hydroxylation sites is 2. The normalized spacial score (nSPS) is 18.3. The van der Waals surface area contributed by atoms with Gasteiger partial charge in [-0.25, -0.2) is 8.78 Å². The largest absolute Gasteiger partial charge is 0.493 e. The van der Waals surface area contributed by atoms with Gasteiger partial charge in [-0.3, -0.25) is 4.79 Å². The molecule has 2 heterocycles. The molecule has 0 bridgehead atoms. The molecule has 30 heavy (non-hydrogen) atoms. The van der Waals surface area contributed by atoms with E-state index in [0.717, 1.165) is 28.7 Å². The van der Waals surface area contributed by atoms with E-state index in [1.165, 1.54) is 0 Å². The first-order chi connectivity index (χ1) is 14.5. The number of nitrogens with one attached hydrogen (secondary N) is 2. The van der Waals surface area contributed by atoms with E-state index >= 15 is 0 Å². The van der Waals surface area contributed by atoms with Crippen molar-refractivity contribution in [2.75, 3.05) is 19.7 Å². The molecule has 1 amide bonds. The van der Waals surface area contributed by atoms with Gasteiger partial charge in [0, 0.05) is 16.5 Å². The van der Waals surface area contributed by atoms with Gasteiger partial charge in [0.1, 0.15) is 11.3 Å². The molecule has 1 atom stereocenters. The van der Waals surface area contributed by atoms with Gasteiger partial charge in [-0.1, -0.05) is 43.3 Å². The number of halogens is 2. The molecule has 3 aromatic rings. The van der Waals surface area contributed by atoms with E-state index in [2.05, 4.69) is 10.6 Å². The van der Waals surface area contributed by atoms with Crippen molar-refractivity contribution in [3.05, 3.63) is 54.3 Å². The van der Waals surface area contributed by atoms with Crippen LogP contribution in [0.2, 0.25) is 0 Å². The number of hydrogen-bond donors (Lipinski definition) is 2. The average Bonchev–Trinajstić information content (AvgIpc) is 3.18. The molecule has 2 N–H and O–H groups in total. The number of carbonyl (C=O) groups is 1. The second-order valence-corrected chi connectivity index (χ2v) is 7.43. The first-order valence-corrected chi connectivity index (χ1v) is 10.1. The zero-order chi connectivity index (χ0) is 21.1. The van der Waals surface area contributed by atoms with E-state index in [9.17, 15) is 13.6 Å². The molecular formula is C23H24F2N2O3. The van der Waals surface area contributed by atoms with E-state index in [1.54, 1.807) is 6.07 Å². The van der Waals surface area contributed by atoms with Crippen LogP contribution in [-0.2, 0) is 0 Å². The highest BCUT2D eigenvalue weighted by Gasteiger charge is 2.42. The lowest BCUT2D eigenvalue weighted by atomic mass is 10.0. The SMILES string of the molecule is CCCOc1ccccc1-c1cccc2cc(C(=O)NC3CCNCC3(F)F)oc12. The number of alkyl halides is 2. The zero-order valence-electron chi connectivity index (χ0n) is 16.7. The van der Waals surface area contributed by atoms with E-state index in [0.29, 0.717) is 18.7 Å². The van der Waals surface area contributed by atoms with E-state index in [-0.39, 0.29) is 12.2 Å². The van der Waals surface area contributed by atoms with Crippen LogP contribution in [0.3, 0.4) is 0 Å². The summed E-state index contributed by atoms with van der Waals surface area (Å²) in [5.41, 5.74) is 2.15. The van der Waals surface area contributed by atoms with Gasteiger partial charge in [-0.2, -0.15) is 0 Å². The second-order valence-electron chi connectivity index (χ2n) is 7.43. The molecule has 0 aliphatic carbocycles. The van der Waals surface area contributed by atoms with Crippen LogP contribution in [-0.4, -0.2) is 37.6 Å². The summed E-state index contributed by atoms with van der Waals surface area (Å²) in [5, 5.41) is 5.81.